The van der Waals surface area contributed by atoms with Crippen molar-refractivity contribution in [2.75, 3.05) is 20.1 Å². The Balaban J connectivity index is 1.56. The van der Waals surface area contributed by atoms with Crippen LogP contribution in [0.15, 0.2) is 34.7 Å². The van der Waals surface area contributed by atoms with Gasteiger partial charge in [-0.2, -0.15) is 0 Å². The number of benzene rings is 1. The van der Waals surface area contributed by atoms with Crippen molar-refractivity contribution in [2.45, 2.75) is 58.2 Å². The van der Waals surface area contributed by atoms with Gasteiger partial charge < -0.3 is 14.1 Å². The van der Waals surface area contributed by atoms with Crippen molar-refractivity contribution in [1.82, 2.24) is 20.0 Å². The third-order valence-electron chi connectivity index (χ3n) is 5.09. The van der Waals surface area contributed by atoms with E-state index in [9.17, 15) is 4.79 Å². The molecule has 28 heavy (non-hydrogen) atoms. The van der Waals surface area contributed by atoms with Crippen LogP contribution in [0.25, 0.3) is 11.5 Å². The quantitative estimate of drug-likeness (QED) is 0.787. The molecule has 1 unspecified atom stereocenters. The second kappa shape index (κ2) is 8.31. The predicted octanol–water partition coefficient (Wildman–Crippen LogP) is 4.13. The molecule has 0 radical (unpaired) electrons. The van der Waals surface area contributed by atoms with Gasteiger partial charge >= 0.3 is 6.09 Å². The van der Waals surface area contributed by atoms with Crippen molar-refractivity contribution < 1.29 is 13.9 Å². The lowest BCUT2D eigenvalue weighted by Gasteiger charge is -2.38. The van der Waals surface area contributed by atoms with E-state index in [1.165, 1.54) is 0 Å². The SMILES string of the molecule is CC(c1nnc(-c2ccccc2)o1)N1CCC(N(C)C(=O)OC(C)(C)C)CC1. The van der Waals surface area contributed by atoms with Crippen LogP contribution in [0.4, 0.5) is 4.79 Å². The van der Waals surface area contributed by atoms with E-state index in [0.29, 0.717) is 11.8 Å². The van der Waals surface area contributed by atoms with Crippen molar-refractivity contribution in [2.24, 2.45) is 0 Å². The molecule has 0 spiro atoms. The lowest BCUT2D eigenvalue weighted by molar-refractivity contribution is 0.0126. The zero-order chi connectivity index (χ0) is 20.3. The Hall–Kier alpha value is -2.41. The van der Waals surface area contributed by atoms with Gasteiger partial charge in [0, 0.05) is 31.7 Å². The molecule has 1 fully saturated rings. The topological polar surface area (TPSA) is 71.7 Å². The van der Waals surface area contributed by atoms with Crippen LogP contribution in [0, 0.1) is 0 Å². The summed E-state index contributed by atoms with van der Waals surface area (Å²) in [5.41, 5.74) is 0.445. The van der Waals surface area contributed by atoms with Crippen LogP contribution in [-0.2, 0) is 4.74 Å². The Bertz CT molecular complexity index is 776. The van der Waals surface area contributed by atoms with Gasteiger partial charge in [0.05, 0.1) is 6.04 Å². The molecule has 1 saturated heterocycles. The van der Waals surface area contributed by atoms with E-state index in [4.69, 9.17) is 9.15 Å². The third kappa shape index (κ3) is 4.90. The van der Waals surface area contributed by atoms with Gasteiger partial charge in [-0.15, -0.1) is 10.2 Å². The number of aromatic nitrogens is 2. The minimum atomic E-state index is -0.477. The number of rotatable bonds is 4. The van der Waals surface area contributed by atoms with Gasteiger partial charge in [-0.3, -0.25) is 4.90 Å². The smallest absolute Gasteiger partial charge is 0.410 e. The van der Waals surface area contributed by atoms with Crippen LogP contribution in [0.5, 0.6) is 0 Å². The van der Waals surface area contributed by atoms with E-state index in [-0.39, 0.29) is 18.2 Å². The number of piperidine rings is 1. The Morgan fingerprint density at radius 2 is 1.86 bits per heavy atom. The van der Waals surface area contributed by atoms with Gasteiger partial charge in [0.25, 0.3) is 0 Å². The molecular weight excluding hydrogens is 356 g/mol. The Kier molecular flexibility index (Phi) is 6.03. The highest BCUT2D eigenvalue weighted by Gasteiger charge is 2.31. The van der Waals surface area contributed by atoms with Crippen LogP contribution in [0.2, 0.25) is 0 Å². The fourth-order valence-electron chi connectivity index (χ4n) is 3.40. The number of amides is 1. The summed E-state index contributed by atoms with van der Waals surface area (Å²) in [6.07, 6.45) is 1.52. The van der Waals surface area contributed by atoms with Crippen molar-refractivity contribution in [3.8, 4) is 11.5 Å². The lowest BCUT2D eigenvalue weighted by Crippen LogP contribution is -2.47. The molecule has 0 N–H and O–H groups in total. The number of nitrogens with zero attached hydrogens (tertiary/aromatic N) is 4. The van der Waals surface area contributed by atoms with Gasteiger partial charge in [-0.05, 0) is 52.7 Å². The van der Waals surface area contributed by atoms with E-state index < -0.39 is 5.60 Å². The second-order valence-corrected chi connectivity index (χ2v) is 8.35. The summed E-state index contributed by atoms with van der Waals surface area (Å²) in [6.45, 7) is 9.47. The van der Waals surface area contributed by atoms with Crippen LogP contribution in [0.3, 0.4) is 0 Å². The first-order valence-corrected chi connectivity index (χ1v) is 9.83. The molecule has 0 aliphatic carbocycles. The van der Waals surface area contributed by atoms with Crippen LogP contribution < -0.4 is 0 Å². The predicted molar refractivity (Wildman–Crippen MR) is 107 cm³/mol. The number of ether oxygens (including phenoxy) is 1. The summed E-state index contributed by atoms with van der Waals surface area (Å²) in [6, 6.07) is 10.0. The molecule has 1 aromatic carbocycles. The summed E-state index contributed by atoms with van der Waals surface area (Å²) in [7, 11) is 1.82. The lowest BCUT2D eigenvalue weighted by atomic mass is 10.0. The number of carbonyl (C=O) groups is 1. The molecule has 7 heteroatoms. The first kappa shape index (κ1) is 20.3. The third-order valence-corrected chi connectivity index (χ3v) is 5.09. The van der Waals surface area contributed by atoms with Gasteiger partial charge in [0.15, 0.2) is 0 Å². The molecule has 1 aliphatic rings. The molecule has 2 heterocycles. The molecule has 1 aromatic heterocycles. The molecule has 1 amide bonds. The summed E-state index contributed by atoms with van der Waals surface area (Å²) in [4.78, 5) is 16.3. The van der Waals surface area contributed by atoms with Gasteiger partial charge in [0.2, 0.25) is 11.8 Å². The zero-order valence-electron chi connectivity index (χ0n) is 17.4. The van der Waals surface area contributed by atoms with E-state index in [1.54, 1.807) is 4.90 Å². The van der Waals surface area contributed by atoms with Crippen LogP contribution in [0.1, 0.15) is 52.5 Å². The number of hydrogen-bond donors (Lipinski definition) is 0. The van der Waals surface area contributed by atoms with E-state index >= 15 is 0 Å². The van der Waals surface area contributed by atoms with E-state index in [2.05, 4.69) is 22.0 Å². The molecule has 7 nitrogen and oxygen atoms in total. The summed E-state index contributed by atoms with van der Waals surface area (Å²) in [5, 5.41) is 8.44. The molecule has 2 aromatic rings. The average molecular weight is 386 g/mol. The summed E-state index contributed by atoms with van der Waals surface area (Å²) >= 11 is 0. The van der Waals surface area contributed by atoms with E-state index in [0.717, 1.165) is 31.5 Å². The van der Waals surface area contributed by atoms with E-state index in [1.807, 2.05) is 58.2 Å². The number of likely N-dealkylation sites (tertiary alicyclic amines) is 1. The Morgan fingerprint density at radius 3 is 2.46 bits per heavy atom. The normalized spacial score (nSPS) is 17.3. The average Bonchev–Trinajstić information content (AvgIpc) is 3.16. The monoisotopic (exact) mass is 386 g/mol. The maximum absolute atomic E-state index is 12.3. The first-order valence-electron chi connectivity index (χ1n) is 9.83. The van der Waals surface area contributed by atoms with Crippen molar-refractivity contribution in [1.29, 1.82) is 0 Å². The molecule has 1 atom stereocenters. The second-order valence-electron chi connectivity index (χ2n) is 8.35. The minimum absolute atomic E-state index is 0.0396. The standard InChI is InChI=1S/C21H30N4O3/c1-15(18-22-23-19(27-18)16-9-7-6-8-10-16)25-13-11-17(12-14-25)24(5)20(26)28-21(2,3)4/h6-10,15,17H,11-14H2,1-5H3. The highest BCUT2D eigenvalue weighted by Crippen LogP contribution is 2.27. The summed E-state index contributed by atoms with van der Waals surface area (Å²) in [5.74, 6) is 1.17. The highest BCUT2D eigenvalue weighted by molar-refractivity contribution is 5.68. The maximum Gasteiger partial charge on any atom is 0.410 e. The van der Waals surface area contributed by atoms with Gasteiger partial charge in [-0.1, -0.05) is 18.2 Å². The van der Waals surface area contributed by atoms with Crippen molar-refractivity contribution >= 4 is 6.09 Å². The summed E-state index contributed by atoms with van der Waals surface area (Å²) < 4.78 is 11.4. The number of hydrogen-bond acceptors (Lipinski definition) is 6. The van der Waals surface area contributed by atoms with Crippen LogP contribution in [-0.4, -0.2) is 57.9 Å². The largest absolute Gasteiger partial charge is 0.444 e. The maximum atomic E-state index is 12.3. The first-order chi connectivity index (χ1) is 13.2. The van der Waals surface area contributed by atoms with Crippen molar-refractivity contribution in [3.63, 3.8) is 0 Å². The molecular formula is C21H30N4O3. The van der Waals surface area contributed by atoms with Gasteiger partial charge in [0.1, 0.15) is 5.60 Å². The molecule has 0 bridgehead atoms. The highest BCUT2D eigenvalue weighted by atomic mass is 16.6. The fraction of sp³-hybridized carbons (Fsp3) is 0.571. The molecule has 3 rings (SSSR count). The molecule has 152 valence electrons. The van der Waals surface area contributed by atoms with Crippen LogP contribution >= 0.6 is 0 Å². The molecule has 0 saturated carbocycles. The van der Waals surface area contributed by atoms with Gasteiger partial charge in [-0.25, -0.2) is 4.79 Å². The minimum Gasteiger partial charge on any atom is -0.444 e. The Morgan fingerprint density at radius 1 is 1.21 bits per heavy atom. The number of carbonyl (C=O) groups excluding carboxylic acids is 1. The van der Waals surface area contributed by atoms with Crippen molar-refractivity contribution in [3.05, 3.63) is 36.2 Å². The fourth-order valence-corrected chi connectivity index (χ4v) is 3.40. The Labute approximate surface area is 166 Å². The zero-order valence-corrected chi connectivity index (χ0v) is 17.4. The molecule has 1 aliphatic heterocycles.